The third-order valence-corrected chi connectivity index (χ3v) is 5.14. The maximum absolute atomic E-state index is 12.6. The molecule has 138 valence electrons. The van der Waals surface area contributed by atoms with Crippen molar-refractivity contribution in [2.75, 3.05) is 5.32 Å². The summed E-state index contributed by atoms with van der Waals surface area (Å²) in [6.45, 7) is 0. The Balaban J connectivity index is 1.85. The van der Waals surface area contributed by atoms with E-state index in [4.69, 9.17) is 23.2 Å². The molecule has 0 aliphatic carbocycles. The van der Waals surface area contributed by atoms with Crippen LogP contribution < -0.4 is 10.9 Å². The molecule has 0 fully saturated rings. The SMILES string of the molecule is O=c1[nH]nc(-c2ccccc2)c2c1Nc1nnnn1C2c1ccc(Cl)cc1Cl. The monoisotopic (exact) mass is 411 g/mol. The molecule has 0 bridgehead atoms. The number of halogens is 2. The summed E-state index contributed by atoms with van der Waals surface area (Å²) in [5, 5.41) is 22.6. The number of rotatable bonds is 2. The molecule has 1 unspecified atom stereocenters. The molecule has 0 amide bonds. The van der Waals surface area contributed by atoms with Gasteiger partial charge >= 0.3 is 0 Å². The van der Waals surface area contributed by atoms with Crippen molar-refractivity contribution in [3.05, 3.63) is 80.1 Å². The molecule has 4 aromatic rings. The van der Waals surface area contributed by atoms with E-state index in [1.54, 1.807) is 22.9 Å². The predicted molar refractivity (Wildman–Crippen MR) is 105 cm³/mol. The summed E-state index contributed by atoms with van der Waals surface area (Å²) in [6, 6.07) is 14.2. The van der Waals surface area contributed by atoms with E-state index in [-0.39, 0.29) is 5.56 Å². The van der Waals surface area contributed by atoms with Crippen molar-refractivity contribution in [2.45, 2.75) is 6.04 Å². The van der Waals surface area contributed by atoms with Gasteiger partial charge in [-0.2, -0.15) is 9.78 Å². The van der Waals surface area contributed by atoms with E-state index in [1.807, 2.05) is 30.3 Å². The molecular weight excluding hydrogens is 401 g/mol. The van der Waals surface area contributed by atoms with E-state index in [0.29, 0.717) is 38.5 Å². The number of aromatic nitrogens is 6. The molecule has 2 N–H and O–H groups in total. The van der Waals surface area contributed by atoms with Crippen LogP contribution in [0.4, 0.5) is 11.6 Å². The summed E-state index contributed by atoms with van der Waals surface area (Å²) < 4.78 is 1.57. The maximum Gasteiger partial charge on any atom is 0.288 e. The van der Waals surface area contributed by atoms with Crippen LogP contribution in [0.25, 0.3) is 11.3 Å². The van der Waals surface area contributed by atoms with Crippen LogP contribution in [-0.2, 0) is 0 Å². The zero-order valence-electron chi connectivity index (χ0n) is 14.1. The zero-order chi connectivity index (χ0) is 19.3. The molecule has 1 aliphatic heterocycles. The van der Waals surface area contributed by atoms with Crippen molar-refractivity contribution < 1.29 is 0 Å². The molecule has 1 aliphatic rings. The van der Waals surface area contributed by atoms with E-state index in [9.17, 15) is 4.79 Å². The number of tetrazole rings is 1. The number of H-pyrrole nitrogens is 1. The average molecular weight is 412 g/mol. The largest absolute Gasteiger partial charge is 0.318 e. The summed E-state index contributed by atoms with van der Waals surface area (Å²) in [7, 11) is 0. The molecule has 5 rings (SSSR count). The van der Waals surface area contributed by atoms with Gasteiger partial charge in [-0.1, -0.05) is 64.7 Å². The van der Waals surface area contributed by atoms with Gasteiger partial charge in [0.15, 0.2) is 0 Å². The average Bonchev–Trinajstić information content (AvgIpc) is 3.17. The van der Waals surface area contributed by atoms with Gasteiger partial charge in [0.25, 0.3) is 5.56 Å². The van der Waals surface area contributed by atoms with Gasteiger partial charge in [0.1, 0.15) is 11.7 Å². The van der Waals surface area contributed by atoms with Gasteiger partial charge in [-0.05, 0) is 22.6 Å². The van der Waals surface area contributed by atoms with Crippen LogP contribution in [0.3, 0.4) is 0 Å². The van der Waals surface area contributed by atoms with Crippen LogP contribution in [0, 0.1) is 0 Å². The van der Waals surface area contributed by atoms with Crippen LogP contribution >= 0.6 is 23.2 Å². The molecule has 2 aromatic carbocycles. The minimum absolute atomic E-state index is 0.326. The number of fused-ring (bicyclic) bond motifs is 2. The van der Waals surface area contributed by atoms with Crippen LogP contribution in [0.1, 0.15) is 17.2 Å². The number of hydrogen-bond acceptors (Lipinski definition) is 6. The van der Waals surface area contributed by atoms with Gasteiger partial charge in [-0.3, -0.25) is 4.79 Å². The summed E-state index contributed by atoms with van der Waals surface area (Å²) >= 11 is 12.6. The Bertz CT molecular complexity index is 1250. The van der Waals surface area contributed by atoms with Gasteiger partial charge in [0.05, 0.1) is 5.69 Å². The van der Waals surface area contributed by atoms with Crippen LogP contribution in [-0.4, -0.2) is 30.4 Å². The van der Waals surface area contributed by atoms with Crippen molar-refractivity contribution in [1.29, 1.82) is 0 Å². The summed E-state index contributed by atoms with van der Waals surface area (Å²) in [6.07, 6.45) is 0. The van der Waals surface area contributed by atoms with E-state index >= 15 is 0 Å². The van der Waals surface area contributed by atoms with Gasteiger partial charge in [0.2, 0.25) is 5.95 Å². The molecule has 2 aromatic heterocycles. The summed E-state index contributed by atoms with van der Waals surface area (Å²) in [5.74, 6) is 0.333. The second-order valence-corrected chi connectivity index (χ2v) is 7.04. The Morgan fingerprint density at radius 3 is 2.68 bits per heavy atom. The Morgan fingerprint density at radius 1 is 1.07 bits per heavy atom. The lowest BCUT2D eigenvalue weighted by Gasteiger charge is -2.28. The van der Waals surface area contributed by atoms with E-state index < -0.39 is 6.04 Å². The molecule has 0 spiro atoms. The van der Waals surface area contributed by atoms with Crippen molar-refractivity contribution in [1.82, 2.24) is 30.4 Å². The van der Waals surface area contributed by atoms with Crippen molar-refractivity contribution in [3.8, 4) is 11.3 Å². The normalized spacial score (nSPS) is 14.9. The van der Waals surface area contributed by atoms with Crippen molar-refractivity contribution in [3.63, 3.8) is 0 Å². The molecule has 3 heterocycles. The van der Waals surface area contributed by atoms with E-state index in [2.05, 4.69) is 31.0 Å². The zero-order valence-corrected chi connectivity index (χ0v) is 15.6. The third-order valence-electron chi connectivity index (χ3n) is 4.57. The lowest BCUT2D eigenvalue weighted by molar-refractivity contribution is 0.567. The molecule has 1 atom stereocenters. The second-order valence-electron chi connectivity index (χ2n) is 6.20. The molecule has 0 radical (unpaired) electrons. The lowest BCUT2D eigenvalue weighted by Crippen LogP contribution is -2.29. The van der Waals surface area contributed by atoms with Gasteiger partial charge in [0, 0.05) is 26.7 Å². The van der Waals surface area contributed by atoms with Crippen LogP contribution in [0.2, 0.25) is 10.0 Å². The minimum atomic E-state index is -0.559. The molecule has 0 saturated heterocycles. The first-order valence-corrected chi connectivity index (χ1v) is 9.07. The van der Waals surface area contributed by atoms with E-state index in [0.717, 1.165) is 5.56 Å². The summed E-state index contributed by atoms with van der Waals surface area (Å²) in [4.78, 5) is 12.6. The molecule has 8 nitrogen and oxygen atoms in total. The first-order chi connectivity index (χ1) is 13.6. The molecule has 10 heteroatoms. The number of hydrogen-bond donors (Lipinski definition) is 2. The first-order valence-electron chi connectivity index (χ1n) is 8.31. The van der Waals surface area contributed by atoms with Gasteiger partial charge in [-0.25, -0.2) is 5.10 Å². The number of aromatic amines is 1. The van der Waals surface area contributed by atoms with Crippen LogP contribution in [0.5, 0.6) is 0 Å². The quantitative estimate of drug-likeness (QED) is 0.461. The highest BCUT2D eigenvalue weighted by molar-refractivity contribution is 6.35. The van der Waals surface area contributed by atoms with Crippen LogP contribution in [0.15, 0.2) is 53.3 Å². The Kier molecular flexibility index (Phi) is 3.88. The molecule has 0 saturated carbocycles. The molecular formula is C18H11Cl2N7O. The second kappa shape index (κ2) is 6.43. The Hall–Kier alpha value is -3.23. The highest BCUT2D eigenvalue weighted by Crippen LogP contribution is 2.43. The maximum atomic E-state index is 12.6. The fourth-order valence-corrected chi connectivity index (χ4v) is 3.88. The van der Waals surface area contributed by atoms with Gasteiger partial charge in [-0.15, -0.1) is 0 Å². The number of benzene rings is 2. The van der Waals surface area contributed by atoms with Gasteiger partial charge < -0.3 is 5.32 Å². The Morgan fingerprint density at radius 2 is 1.89 bits per heavy atom. The topological polar surface area (TPSA) is 101 Å². The smallest absolute Gasteiger partial charge is 0.288 e. The number of nitrogens with one attached hydrogen (secondary N) is 2. The highest BCUT2D eigenvalue weighted by atomic mass is 35.5. The standard InChI is InChI=1S/C18H11Cl2N7O/c19-10-6-7-11(12(20)8-10)16-13-14(9-4-2-1-3-5-9)22-23-17(28)15(13)21-18-24-25-26-27(16)18/h1-8,16H,(H,23,28)(H,21,24,26). The predicted octanol–water partition coefficient (Wildman–Crippen LogP) is 3.42. The molecule has 28 heavy (non-hydrogen) atoms. The fourth-order valence-electron chi connectivity index (χ4n) is 3.36. The van der Waals surface area contributed by atoms with E-state index in [1.165, 1.54) is 0 Å². The lowest BCUT2D eigenvalue weighted by atomic mass is 9.92. The number of nitrogens with zero attached hydrogens (tertiary/aromatic N) is 5. The number of anilines is 2. The van der Waals surface area contributed by atoms with Crippen molar-refractivity contribution >= 4 is 34.8 Å². The first kappa shape index (κ1) is 16.9. The minimum Gasteiger partial charge on any atom is -0.318 e. The van der Waals surface area contributed by atoms with Crippen molar-refractivity contribution in [2.24, 2.45) is 0 Å². The third kappa shape index (κ3) is 2.57. The Labute approximate surface area is 168 Å². The highest BCUT2D eigenvalue weighted by Gasteiger charge is 2.35. The fraction of sp³-hybridized carbons (Fsp3) is 0.0556. The summed E-state index contributed by atoms with van der Waals surface area (Å²) in [5.41, 5.74) is 2.71.